The van der Waals surface area contributed by atoms with Crippen LogP contribution in [0.5, 0.6) is 0 Å². The number of amides is 1. The van der Waals surface area contributed by atoms with Crippen molar-refractivity contribution in [2.45, 2.75) is 23.5 Å². The van der Waals surface area contributed by atoms with Crippen LogP contribution in [-0.2, 0) is 25.7 Å². The zero-order valence-corrected chi connectivity index (χ0v) is 15.2. The molecule has 3 rings (SSSR count). The van der Waals surface area contributed by atoms with Gasteiger partial charge in [-0.3, -0.25) is 19.8 Å². The van der Waals surface area contributed by atoms with E-state index in [0.29, 0.717) is 5.56 Å². The average Bonchev–Trinajstić information content (AvgIpc) is 2.64. The number of nitro benzene ring substituents is 1. The van der Waals surface area contributed by atoms with Crippen molar-refractivity contribution in [1.82, 2.24) is 4.90 Å². The molecule has 1 aromatic carbocycles. The fourth-order valence-electron chi connectivity index (χ4n) is 2.50. The molecule has 9 nitrogen and oxygen atoms in total. The number of halogens is 1. The van der Waals surface area contributed by atoms with E-state index in [-0.39, 0.29) is 41.7 Å². The molecule has 0 aromatic heterocycles. The Bertz CT molecular complexity index is 756. The van der Waals surface area contributed by atoms with Crippen molar-refractivity contribution in [3.63, 3.8) is 0 Å². The van der Waals surface area contributed by atoms with Crippen LogP contribution in [0.4, 0.5) is 5.69 Å². The molecule has 26 heavy (non-hydrogen) atoms. The van der Waals surface area contributed by atoms with Gasteiger partial charge in [0.15, 0.2) is 0 Å². The molecule has 1 amide bonds. The summed E-state index contributed by atoms with van der Waals surface area (Å²) in [6, 6.07) is 4.99. The van der Waals surface area contributed by atoms with E-state index in [1.807, 2.05) is 0 Å². The van der Waals surface area contributed by atoms with Gasteiger partial charge in [-0.05, 0) is 23.8 Å². The van der Waals surface area contributed by atoms with E-state index in [9.17, 15) is 19.7 Å². The Labute approximate surface area is 159 Å². The predicted octanol–water partition coefficient (Wildman–Crippen LogP) is 1.16. The van der Waals surface area contributed by atoms with Crippen LogP contribution in [0.3, 0.4) is 0 Å². The molecule has 3 atom stereocenters. The van der Waals surface area contributed by atoms with Crippen LogP contribution >= 0.6 is 24.2 Å². The second-order valence-electron chi connectivity index (χ2n) is 5.42. The Morgan fingerprint density at radius 3 is 2.62 bits per heavy atom. The molecule has 1 fully saturated rings. The number of nitro groups is 1. The van der Waals surface area contributed by atoms with Crippen LogP contribution in [0.2, 0.25) is 0 Å². The average molecular weight is 402 g/mol. The first-order valence-corrected chi connectivity index (χ1v) is 8.26. The Kier molecular flexibility index (Phi) is 6.24. The summed E-state index contributed by atoms with van der Waals surface area (Å²) in [7, 11) is 1.50. The number of rotatable bonds is 5. The van der Waals surface area contributed by atoms with Gasteiger partial charge in [-0.1, -0.05) is 11.8 Å². The molecule has 0 radical (unpaired) electrons. The minimum Gasteiger partial charge on any atom is -0.456 e. The number of nitrogens with two attached hydrogens (primary N) is 1. The van der Waals surface area contributed by atoms with Crippen LogP contribution in [0.1, 0.15) is 5.56 Å². The number of carbonyl (C=O) groups excluding carboxylic acids is 2. The lowest BCUT2D eigenvalue weighted by Gasteiger charge is -2.48. The van der Waals surface area contributed by atoms with Gasteiger partial charge in [-0.2, -0.15) is 0 Å². The Morgan fingerprint density at radius 2 is 2.04 bits per heavy atom. The first-order chi connectivity index (χ1) is 11.9. The van der Waals surface area contributed by atoms with Gasteiger partial charge in [0.05, 0.1) is 4.92 Å². The zero-order chi connectivity index (χ0) is 18.1. The second-order valence-corrected chi connectivity index (χ2v) is 6.64. The molecular formula is C15H16ClN3O6S. The highest BCUT2D eigenvalue weighted by Gasteiger charge is 2.52. The minimum atomic E-state index is -0.675. The number of hydrogen-bond acceptors (Lipinski definition) is 8. The van der Waals surface area contributed by atoms with E-state index in [2.05, 4.69) is 0 Å². The monoisotopic (exact) mass is 401 g/mol. The van der Waals surface area contributed by atoms with E-state index >= 15 is 0 Å². The number of nitrogens with zero attached hydrogens (tertiary/aromatic N) is 2. The molecule has 1 saturated heterocycles. The number of carbonyl (C=O) groups is 2. The number of benzene rings is 1. The van der Waals surface area contributed by atoms with Crippen LogP contribution in [-0.4, -0.2) is 45.7 Å². The molecule has 1 aromatic rings. The third-order valence-electron chi connectivity index (χ3n) is 3.87. The van der Waals surface area contributed by atoms with Crippen molar-refractivity contribution in [2.24, 2.45) is 5.73 Å². The number of thioether (sulfide) groups is 1. The molecule has 0 spiro atoms. The summed E-state index contributed by atoms with van der Waals surface area (Å²) in [5.74, 6) is -1.02. The predicted molar refractivity (Wildman–Crippen MR) is 95.2 cm³/mol. The molecule has 2 unspecified atom stereocenters. The van der Waals surface area contributed by atoms with Crippen LogP contribution in [0, 0.1) is 10.1 Å². The Hall–Kier alpha value is -2.14. The number of esters is 1. The molecule has 0 aliphatic carbocycles. The van der Waals surface area contributed by atoms with E-state index in [1.54, 1.807) is 0 Å². The fraction of sp³-hybridized carbons (Fsp3) is 0.333. The molecule has 0 saturated carbocycles. The summed E-state index contributed by atoms with van der Waals surface area (Å²) >= 11 is 1.34. The number of β-lactam (4-membered cyclic amide) rings is 1. The summed E-state index contributed by atoms with van der Waals surface area (Å²) in [6.45, 7) is -0.0717. The van der Waals surface area contributed by atoms with E-state index < -0.39 is 22.4 Å². The summed E-state index contributed by atoms with van der Waals surface area (Å²) in [5, 5.41) is 10.3. The second kappa shape index (κ2) is 8.04. The molecule has 2 aliphatic rings. The summed E-state index contributed by atoms with van der Waals surface area (Å²) in [5.41, 5.74) is 6.00. The fourth-order valence-corrected chi connectivity index (χ4v) is 3.72. The number of non-ortho nitro benzene ring substituents is 1. The highest BCUT2D eigenvalue weighted by molar-refractivity contribution is 8.00. The number of methoxy groups -OCH3 is 1. The first-order valence-electron chi connectivity index (χ1n) is 7.31. The molecule has 11 heteroatoms. The number of fused-ring (bicyclic) bond motifs is 1. The van der Waals surface area contributed by atoms with Gasteiger partial charge in [-0.25, -0.2) is 4.79 Å². The number of hydrogen-bond donors (Lipinski definition) is 1. The molecular weight excluding hydrogens is 386 g/mol. The molecule has 2 heterocycles. The van der Waals surface area contributed by atoms with Gasteiger partial charge >= 0.3 is 5.97 Å². The maximum absolute atomic E-state index is 12.4. The van der Waals surface area contributed by atoms with Gasteiger partial charge < -0.3 is 15.2 Å². The maximum atomic E-state index is 12.4. The van der Waals surface area contributed by atoms with Crippen molar-refractivity contribution >= 4 is 41.7 Å². The quantitative estimate of drug-likeness (QED) is 0.337. The minimum absolute atomic E-state index is 0. The van der Waals surface area contributed by atoms with Crippen molar-refractivity contribution in [2.75, 3.05) is 7.11 Å². The standard InChI is InChI=1S/C15H15N3O6S.ClH/c1-23-11-6-10(17-13(19)12(16)14(17)25-11)15(20)24-7-8-2-4-9(5-3-8)18(21)22;/h2-6,11-12,14H,7,16H2,1H3;1H/t11?,12?,14-;/m1./s1. The van der Waals surface area contributed by atoms with Crippen LogP contribution in [0.15, 0.2) is 36.0 Å². The van der Waals surface area contributed by atoms with Crippen LogP contribution in [0.25, 0.3) is 0 Å². The van der Waals surface area contributed by atoms with Gasteiger partial charge in [-0.15, -0.1) is 12.4 Å². The normalized spacial score (nSPS) is 23.9. The lowest BCUT2D eigenvalue weighted by Crippen LogP contribution is -2.68. The molecule has 2 N–H and O–H groups in total. The van der Waals surface area contributed by atoms with Crippen molar-refractivity contribution < 1.29 is 24.0 Å². The van der Waals surface area contributed by atoms with E-state index in [4.69, 9.17) is 15.2 Å². The summed E-state index contributed by atoms with van der Waals surface area (Å²) in [4.78, 5) is 35.7. The van der Waals surface area contributed by atoms with Gasteiger partial charge in [0.25, 0.3) is 5.69 Å². The zero-order valence-electron chi connectivity index (χ0n) is 13.6. The smallest absolute Gasteiger partial charge is 0.355 e. The molecule has 2 aliphatic heterocycles. The van der Waals surface area contributed by atoms with Gasteiger partial charge in [0.1, 0.15) is 29.2 Å². The van der Waals surface area contributed by atoms with Gasteiger partial charge in [0, 0.05) is 19.2 Å². The first kappa shape index (κ1) is 20.2. The van der Waals surface area contributed by atoms with E-state index in [1.165, 1.54) is 54.1 Å². The Morgan fingerprint density at radius 1 is 1.38 bits per heavy atom. The number of ether oxygens (including phenoxy) is 2. The highest BCUT2D eigenvalue weighted by Crippen LogP contribution is 2.40. The molecule has 140 valence electrons. The Balaban J connectivity index is 0.00000243. The lowest BCUT2D eigenvalue weighted by atomic mass is 10.1. The lowest BCUT2D eigenvalue weighted by molar-refractivity contribution is -0.384. The third-order valence-corrected chi connectivity index (χ3v) is 5.25. The van der Waals surface area contributed by atoms with Crippen molar-refractivity contribution in [3.8, 4) is 0 Å². The van der Waals surface area contributed by atoms with Crippen molar-refractivity contribution in [3.05, 3.63) is 51.7 Å². The summed E-state index contributed by atoms with van der Waals surface area (Å²) in [6.07, 6.45) is 1.52. The highest BCUT2D eigenvalue weighted by atomic mass is 35.5. The van der Waals surface area contributed by atoms with E-state index in [0.717, 1.165) is 0 Å². The van der Waals surface area contributed by atoms with Crippen LogP contribution < -0.4 is 5.73 Å². The summed E-state index contributed by atoms with van der Waals surface area (Å²) < 4.78 is 10.4. The maximum Gasteiger partial charge on any atom is 0.355 e. The molecule has 0 bridgehead atoms. The van der Waals surface area contributed by atoms with Gasteiger partial charge in [0.2, 0.25) is 5.91 Å². The SMILES string of the molecule is COC1C=C(C(=O)OCc2ccc([N+](=O)[O-])cc2)N2C(=O)C(N)[C@H]2S1.Cl. The largest absolute Gasteiger partial charge is 0.456 e. The topological polar surface area (TPSA) is 125 Å². The van der Waals surface area contributed by atoms with Crippen molar-refractivity contribution in [1.29, 1.82) is 0 Å². The third kappa shape index (κ3) is 3.68.